The van der Waals surface area contributed by atoms with Gasteiger partial charge in [0, 0.05) is 56.8 Å². The van der Waals surface area contributed by atoms with E-state index in [1.165, 1.54) is 12.1 Å². The van der Waals surface area contributed by atoms with Crippen LogP contribution in [0.2, 0.25) is 0 Å². The molecule has 3 atom stereocenters. The van der Waals surface area contributed by atoms with Crippen molar-refractivity contribution >= 4 is 11.8 Å². The second kappa shape index (κ2) is 9.98. The zero-order valence-corrected chi connectivity index (χ0v) is 17.4. The molecular formula is C23H28FN5O2. The maximum absolute atomic E-state index is 13.2. The summed E-state index contributed by atoms with van der Waals surface area (Å²) in [5.74, 6) is -0.229. The van der Waals surface area contributed by atoms with Gasteiger partial charge in [-0.25, -0.2) is 9.82 Å². The third-order valence-corrected chi connectivity index (χ3v) is 6.10. The summed E-state index contributed by atoms with van der Waals surface area (Å²) >= 11 is 0. The van der Waals surface area contributed by atoms with Gasteiger partial charge in [-0.2, -0.15) is 0 Å². The van der Waals surface area contributed by atoms with E-state index in [0.717, 1.165) is 11.3 Å². The Morgan fingerprint density at radius 2 is 2.06 bits per heavy atom. The third kappa shape index (κ3) is 5.45. The molecule has 8 heteroatoms. The van der Waals surface area contributed by atoms with E-state index in [4.69, 9.17) is 0 Å². The molecule has 4 rings (SSSR count). The predicted molar refractivity (Wildman–Crippen MR) is 114 cm³/mol. The molecule has 7 nitrogen and oxygen atoms in total. The molecule has 1 aromatic heterocycles. The number of piperidine rings is 1. The summed E-state index contributed by atoms with van der Waals surface area (Å²) in [5.41, 5.74) is 8.26. The lowest BCUT2D eigenvalue weighted by atomic mass is 9.93. The van der Waals surface area contributed by atoms with Crippen LogP contribution in [0.3, 0.4) is 0 Å². The summed E-state index contributed by atoms with van der Waals surface area (Å²) in [4.78, 5) is 31.2. The highest BCUT2D eigenvalue weighted by atomic mass is 19.1. The molecule has 31 heavy (non-hydrogen) atoms. The van der Waals surface area contributed by atoms with Crippen molar-refractivity contribution < 1.29 is 14.0 Å². The largest absolute Gasteiger partial charge is 0.355 e. The second-order valence-corrected chi connectivity index (χ2v) is 8.21. The van der Waals surface area contributed by atoms with E-state index in [9.17, 15) is 14.0 Å². The summed E-state index contributed by atoms with van der Waals surface area (Å²) in [6, 6.07) is 12.2. The zero-order chi connectivity index (χ0) is 21.6. The lowest BCUT2D eigenvalue weighted by molar-refractivity contribution is -0.138. The maximum atomic E-state index is 13.2. The Bertz CT molecular complexity index is 893. The highest BCUT2D eigenvalue weighted by molar-refractivity contribution is 5.83. The van der Waals surface area contributed by atoms with Crippen molar-refractivity contribution in [2.75, 3.05) is 26.2 Å². The van der Waals surface area contributed by atoms with Crippen LogP contribution in [0.15, 0.2) is 48.7 Å². The summed E-state index contributed by atoms with van der Waals surface area (Å²) in [5, 5.41) is 3.07. The van der Waals surface area contributed by atoms with Crippen LogP contribution in [0.1, 0.15) is 30.1 Å². The van der Waals surface area contributed by atoms with Gasteiger partial charge in [0.15, 0.2) is 0 Å². The number of pyridine rings is 1. The van der Waals surface area contributed by atoms with Crippen molar-refractivity contribution in [2.45, 2.75) is 25.3 Å². The molecule has 0 radical (unpaired) electrons. The number of carbonyl (C=O) groups excluding carboxylic acids is 2. The number of rotatable bonds is 7. The number of aromatic nitrogens is 1. The number of hydrogen-bond donors (Lipinski definition) is 3. The first-order valence-corrected chi connectivity index (χ1v) is 10.8. The van der Waals surface area contributed by atoms with E-state index in [0.29, 0.717) is 45.4 Å². The molecule has 0 saturated carbocycles. The fraction of sp³-hybridized carbons (Fsp3) is 0.435. The monoisotopic (exact) mass is 425 g/mol. The number of carbonyl (C=O) groups is 2. The second-order valence-electron chi connectivity index (χ2n) is 8.21. The molecule has 2 saturated heterocycles. The standard InChI is InChI=1S/C23H28FN5O2/c24-19-7-4-16(5-8-19)22-18(14-27-28-22)13-26-23(31)17-6-9-21(30)29(15-17)12-10-20-3-1-2-11-25-20/h1-5,7-8,11,17-18,22,27-28H,6,9-10,12-15H2,(H,26,31). The predicted octanol–water partition coefficient (Wildman–Crippen LogP) is 1.58. The summed E-state index contributed by atoms with van der Waals surface area (Å²) in [7, 11) is 0. The van der Waals surface area contributed by atoms with Gasteiger partial charge in [0.25, 0.3) is 0 Å². The Balaban J connectivity index is 1.28. The topological polar surface area (TPSA) is 86.4 Å². The molecule has 2 aliphatic heterocycles. The highest BCUT2D eigenvalue weighted by Gasteiger charge is 2.32. The lowest BCUT2D eigenvalue weighted by Gasteiger charge is -2.32. The van der Waals surface area contributed by atoms with E-state index in [1.807, 2.05) is 18.2 Å². The Labute approximate surface area is 181 Å². The van der Waals surface area contributed by atoms with Crippen LogP contribution in [0.25, 0.3) is 0 Å². The minimum atomic E-state index is -0.265. The van der Waals surface area contributed by atoms with Gasteiger partial charge in [0.2, 0.25) is 11.8 Å². The van der Waals surface area contributed by atoms with Crippen molar-refractivity contribution in [1.29, 1.82) is 0 Å². The third-order valence-electron chi connectivity index (χ3n) is 6.10. The number of benzene rings is 1. The first-order chi connectivity index (χ1) is 15.1. The quantitative estimate of drug-likeness (QED) is 0.627. The number of likely N-dealkylation sites (tertiary alicyclic amines) is 1. The van der Waals surface area contributed by atoms with Crippen LogP contribution in [-0.4, -0.2) is 47.9 Å². The minimum Gasteiger partial charge on any atom is -0.355 e. The van der Waals surface area contributed by atoms with Gasteiger partial charge >= 0.3 is 0 Å². The van der Waals surface area contributed by atoms with Crippen molar-refractivity contribution in [2.24, 2.45) is 11.8 Å². The van der Waals surface area contributed by atoms with Crippen molar-refractivity contribution in [3.63, 3.8) is 0 Å². The molecule has 2 amide bonds. The van der Waals surface area contributed by atoms with Crippen molar-refractivity contribution in [3.05, 3.63) is 65.7 Å². The Kier molecular flexibility index (Phi) is 6.89. The average molecular weight is 426 g/mol. The molecule has 3 heterocycles. The maximum Gasteiger partial charge on any atom is 0.224 e. The van der Waals surface area contributed by atoms with Crippen LogP contribution in [0, 0.1) is 17.7 Å². The highest BCUT2D eigenvalue weighted by Crippen LogP contribution is 2.25. The molecule has 2 aromatic rings. The van der Waals surface area contributed by atoms with Gasteiger partial charge in [-0.3, -0.25) is 20.0 Å². The molecule has 164 valence electrons. The average Bonchev–Trinajstić information content (AvgIpc) is 3.27. The van der Waals surface area contributed by atoms with Crippen molar-refractivity contribution in [1.82, 2.24) is 26.1 Å². The molecule has 2 fully saturated rings. The normalized spacial score (nSPS) is 23.7. The van der Waals surface area contributed by atoms with E-state index in [1.54, 1.807) is 23.2 Å². The van der Waals surface area contributed by atoms with E-state index in [2.05, 4.69) is 21.2 Å². The van der Waals surface area contributed by atoms with Crippen LogP contribution in [-0.2, 0) is 16.0 Å². The van der Waals surface area contributed by atoms with Gasteiger partial charge in [0.1, 0.15) is 5.82 Å². The molecule has 0 aliphatic carbocycles. The number of amides is 2. The van der Waals surface area contributed by atoms with Crippen LogP contribution >= 0.6 is 0 Å². The Morgan fingerprint density at radius 1 is 1.23 bits per heavy atom. The number of nitrogens with one attached hydrogen (secondary N) is 3. The van der Waals surface area contributed by atoms with E-state index >= 15 is 0 Å². The smallest absolute Gasteiger partial charge is 0.224 e. The molecule has 1 aromatic carbocycles. The van der Waals surface area contributed by atoms with Gasteiger partial charge in [-0.05, 0) is 36.2 Å². The van der Waals surface area contributed by atoms with Crippen molar-refractivity contribution in [3.8, 4) is 0 Å². The lowest BCUT2D eigenvalue weighted by Crippen LogP contribution is -2.47. The molecule has 3 unspecified atom stereocenters. The van der Waals surface area contributed by atoms with Crippen LogP contribution in [0.4, 0.5) is 4.39 Å². The van der Waals surface area contributed by atoms with E-state index < -0.39 is 0 Å². The first kappa shape index (κ1) is 21.4. The summed E-state index contributed by atoms with van der Waals surface area (Å²) in [6.45, 7) is 2.24. The fourth-order valence-corrected chi connectivity index (χ4v) is 4.27. The summed E-state index contributed by atoms with van der Waals surface area (Å²) < 4.78 is 13.2. The molecule has 2 aliphatic rings. The van der Waals surface area contributed by atoms with Gasteiger partial charge in [-0.15, -0.1) is 0 Å². The number of hydrogen-bond acceptors (Lipinski definition) is 5. The van der Waals surface area contributed by atoms with Crippen LogP contribution in [0.5, 0.6) is 0 Å². The molecule has 0 spiro atoms. The van der Waals surface area contributed by atoms with Crippen LogP contribution < -0.4 is 16.2 Å². The SMILES string of the molecule is O=C(NCC1CNNC1c1ccc(F)cc1)C1CCC(=O)N(CCc2ccccn2)C1. The zero-order valence-electron chi connectivity index (χ0n) is 17.4. The van der Waals surface area contributed by atoms with Gasteiger partial charge in [-0.1, -0.05) is 18.2 Å². The number of nitrogens with zero attached hydrogens (tertiary/aromatic N) is 2. The van der Waals surface area contributed by atoms with Gasteiger partial charge in [0.05, 0.1) is 12.0 Å². The summed E-state index contributed by atoms with van der Waals surface area (Å²) in [6.07, 6.45) is 3.40. The molecule has 3 N–H and O–H groups in total. The fourth-order valence-electron chi connectivity index (χ4n) is 4.27. The minimum absolute atomic E-state index is 0.00343. The first-order valence-electron chi connectivity index (χ1n) is 10.8. The number of hydrazine groups is 1. The Hall–Kier alpha value is -2.84. The molecular weight excluding hydrogens is 397 g/mol. The Morgan fingerprint density at radius 3 is 2.84 bits per heavy atom. The number of halogens is 1. The van der Waals surface area contributed by atoms with E-state index in [-0.39, 0.29) is 35.5 Å². The van der Waals surface area contributed by atoms with Gasteiger partial charge < -0.3 is 10.2 Å². The molecule has 0 bridgehead atoms.